The lowest BCUT2D eigenvalue weighted by atomic mass is 9.87. The number of piperazine rings is 1. The standard InChI is InChI=1S/C33H46N4O9/c1-4-29(41)45-22-33(2,3)30(42)31(43)37-18-6-5-11-25(37)32(44)46-26(12-8-17-36-19-15-34-16-20-36)23-9-7-10-24(21-23)35-27(38)13-14-28(39)40/h4,7,9-10,21,25-26,34H,1,5-6,8,11-20,22H2,2-3H3,(H,35,38)(H,39,40)/t25-,26+/m0/s1. The van der Waals surface area contributed by atoms with Crippen LogP contribution in [0.4, 0.5) is 5.69 Å². The summed E-state index contributed by atoms with van der Waals surface area (Å²) in [6, 6.07) is 5.91. The molecule has 3 rings (SSSR count). The molecule has 0 bridgehead atoms. The van der Waals surface area contributed by atoms with Crippen LogP contribution in [0.2, 0.25) is 0 Å². The van der Waals surface area contributed by atoms with Gasteiger partial charge in [0.15, 0.2) is 0 Å². The SMILES string of the molecule is C=CC(=O)OCC(C)(C)C(=O)C(=O)N1CCCC[C@H]1C(=O)O[C@H](CCCN1CCNCC1)c1cccc(NC(=O)CCC(=O)O)c1. The van der Waals surface area contributed by atoms with Gasteiger partial charge in [-0.1, -0.05) is 18.7 Å². The first-order valence-corrected chi connectivity index (χ1v) is 15.8. The number of carbonyl (C=O) groups excluding carboxylic acids is 5. The minimum Gasteiger partial charge on any atom is -0.481 e. The van der Waals surface area contributed by atoms with Crippen LogP contribution in [0.25, 0.3) is 0 Å². The second-order valence-electron chi connectivity index (χ2n) is 12.3. The van der Waals surface area contributed by atoms with Crippen molar-refractivity contribution in [3.05, 3.63) is 42.5 Å². The van der Waals surface area contributed by atoms with E-state index in [4.69, 9.17) is 14.6 Å². The quantitative estimate of drug-likeness (QED) is 0.137. The molecule has 2 aliphatic rings. The maximum atomic E-state index is 13.7. The molecule has 0 radical (unpaired) electrons. The number of piperidine rings is 1. The van der Waals surface area contributed by atoms with Gasteiger partial charge in [-0.05, 0) is 70.2 Å². The molecule has 13 heteroatoms. The van der Waals surface area contributed by atoms with E-state index in [-0.39, 0.29) is 26.0 Å². The highest BCUT2D eigenvalue weighted by molar-refractivity contribution is 6.38. The van der Waals surface area contributed by atoms with Gasteiger partial charge in [0.1, 0.15) is 18.8 Å². The molecule has 0 spiro atoms. The number of nitrogens with one attached hydrogen (secondary N) is 2. The van der Waals surface area contributed by atoms with Gasteiger partial charge >= 0.3 is 17.9 Å². The summed E-state index contributed by atoms with van der Waals surface area (Å²) < 4.78 is 11.1. The van der Waals surface area contributed by atoms with Gasteiger partial charge in [-0.15, -0.1) is 0 Å². The summed E-state index contributed by atoms with van der Waals surface area (Å²) in [6.45, 7) is 10.7. The van der Waals surface area contributed by atoms with Gasteiger partial charge in [-0.2, -0.15) is 0 Å². The highest BCUT2D eigenvalue weighted by Crippen LogP contribution is 2.29. The topological polar surface area (TPSA) is 172 Å². The summed E-state index contributed by atoms with van der Waals surface area (Å²) in [6.07, 6.45) is 2.61. The Hall–Kier alpha value is -4.10. The Labute approximate surface area is 269 Å². The summed E-state index contributed by atoms with van der Waals surface area (Å²) in [5.74, 6) is -4.46. The van der Waals surface area contributed by atoms with Crippen molar-refractivity contribution >= 4 is 41.2 Å². The average molecular weight is 643 g/mol. The van der Waals surface area contributed by atoms with E-state index in [0.29, 0.717) is 36.9 Å². The van der Waals surface area contributed by atoms with E-state index in [1.807, 2.05) is 0 Å². The van der Waals surface area contributed by atoms with E-state index in [0.717, 1.165) is 45.2 Å². The smallest absolute Gasteiger partial charge is 0.330 e. The molecular weight excluding hydrogens is 596 g/mol. The molecule has 0 aromatic heterocycles. The molecule has 0 unspecified atom stereocenters. The number of carbonyl (C=O) groups is 6. The van der Waals surface area contributed by atoms with E-state index >= 15 is 0 Å². The Morgan fingerprint density at radius 1 is 1.11 bits per heavy atom. The zero-order valence-corrected chi connectivity index (χ0v) is 26.8. The van der Waals surface area contributed by atoms with Gasteiger partial charge in [-0.25, -0.2) is 9.59 Å². The molecular formula is C33H46N4O9. The molecule has 1 aromatic carbocycles. The van der Waals surface area contributed by atoms with Crippen LogP contribution >= 0.6 is 0 Å². The molecule has 0 saturated carbocycles. The number of carboxylic acids is 1. The minimum absolute atomic E-state index is 0.180. The van der Waals surface area contributed by atoms with Gasteiger partial charge in [0.2, 0.25) is 11.7 Å². The van der Waals surface area contributed by atoms with E-state index in [2.05, 4.69) is 22.1 Å². The number of nitrogens with zero attached hydrogens (tertiary/aromatic N) is 2. The molecule has 2 heterocycles. The second-order valence-corrected chi connectivity index (χ2v) is 12.3. The number of hydrogen-bond acceptors (Lipinski definition) is 10. The molecule has 0 aliphatic carbocycles. The zero-order chi connectivity index (χ0) is 33.7. The first kappa shape index (κ1) is 36.4. The van der Waals surface area contributed by atoms with Crippen molar-refractivity contribution in [2.45, 2.75) is 70.9 Å². The summed E-state index contributed by atoms with van der Waals surface area (Å²) in [5, 5.41) is 14.9. The molecule has 46 heavy (non-hydrogen) atoms. The fraction of sp³-hybridized carbons (Fsp3) is 0.576. The largest absolute Gasteiger partial charge is 0.481 e. The third-order valence-electron chi connectivity index (χ3n) is 8.10. The lowest BCUT2D eigenvalue weighted by molar-refractivity contribution is -0.165. The van der Waals surface area contributed by atoms with Crippen LogP contribution in [-0.2, 0) is 38.2 Å². The highest BCUT2D eigenvalue weighted by Gasteiger charge is 2.42. The molecule has 2 aliphatic heterocycles. The number of ketones is 1. The van der Waals surface area contributed by atoms with Crippen molar-refractivity contribution in [1.82, 2.24) is 15.1 Å². The molecule has 2 atom stereocenters. The Bertz CT molecular complexity index is 1280. The number of ether oxygens (including phenoxy) is 2. The van der Waals surface area contributed by atoms with Gasteiger partial charge < -0.3 is 35.0 Å². The normalized spacial score (nSPS) is 17.8. The maximum Gasteiger partial charge on any atom is 0.330 e. The number of rotatable bonds is 16. The predicted molar refractivity (Wildman–Crippen MR) is 169 cm³/mol. The van der Waals surface area contributed by atoms with Crippen molar-refractivity contribution in [2.75, 3.05) is 51.2 Å². The molecule has 13 nitrogen and oxygen atoms in total. The van der Waals surface area contributed by atoms with E-state index in [1.165, 1.54) is 18.7 Å². The van der Waals surface area contributed by atoms with Gasteiger partial charge in [0.25, 0.3) is 5.91 Å². The molecule has 1 aromatic rings. The summed E-state index contributed by atoms with van der Waals surface area (Å²) >= 11 is 0. The van der Waals surface area contributed by atoms with Crippen LogP contribution in [0.3, 0.4) is 0 Å². The minimum atomic E-state index is -1.32. The first-order chi connectivity index (χ1) is 21.9. The number of benzene rings is 1. The van der Waals surface area contributed by atoms with Gasteiger partial charge in [0, 0.05) is 50.9 Å². The fourth-order valence-electron chi connectivity index (χ4n) is 5.42. The van der Waals surface area contributed by atoms with Crippen molar-refractivity contribution in [2.24, 2.45) is 5.41 Å². The zero-order valence-electron chi connectivity index (χ0n) is 26.8. The number of esters is 2. The Kier molecular flexibility index (Phi) is 13.9. The molecule has 3 N–H and O–H groups in total. The van der Waals surface area contributed by atoms with Crippen LogP contribution in [0.15, 0.2) is 36.9 Å². The average Bonchev–Trinajstić information content (AvgIpc) is 3.05. The highest BCUT2D eigenvalue weighted by atomic mass is 16.5. The van der Waals surface area contributed by atoms with Crippen molar-refractivity contribution < 1.29 is 43.3 Å². The Balaban J connectivity index is 1.76. The first-order valence-electron chi connectivity index (χ1n) is 15.8. The number of likely N-dealkylation sites (tertiary alicyclic amines) is 1. The van der Waals surface area contributed by atoms with E-state index in [9.17, 15) is 28.8 Å². The molecule has 2 saturated heterocycles. The number of amides is 2. The van der Waals surface area contributed by atoms with Crippen LogP contribution in [0, 0.1) is 5.41 Å². The molecule has 252 valence electrons. The number of aliphatic carboxylic acids is 1. The summed E-state index contributed by atoms with van der Waals surface area (Å²) in [5.41, 5.74) is -0.237. The predicted octanol–water partition coefficient (Wildman–Crippen LogP) is 2.47. The second kappa shape index (κ2) is 17.6. The Morgan fingerprint density at radius 2 is 1.85 bits per heavy atom. The van der Waals surface area contributed by atoms with Crippen LogP contribution in [0.5, 0.6) is 0 Å². The third kappa shape index (κ3) is 11.1. The van der Waals surface area contributed by atoms with E-state index < -0.39 is 53.1 Å². The number of Topliss-reactive ketones (excluding diaryl/α,β-unsaturated/α-hetero) is 1. The molecule has 2 fully saturated rings. The van der Waals surface area contributed by atoms with Gasteiger partial charge in [-0.3, -0.25) is 19.2 Å². The number of anilines is 1. The van der Waals surface area contributed by atoms with E-state index in [1.54, 1.807) is 24.3 Å². The van der Waals surface area contributed by atoms with Crippen molar-refractivity contribution in [1.29, 1.82) is 0 Å². The fourth-order valence-corrected chi connectivity index (χ4v) is 5.42. The van der Waals surface area contributed by atoms with Crippen LogP contribution in [-0.4, -0.2) is 102 Å². The number of carboxylic acid groups (broad SMARTS) is 1. The third-order valence-corrected chi connectivity index (χ3v) is 8.10. The van der Waals surface area contributed by atoms with Crippen molar-refractivity contribution in [3.8, 4) is 0 Å². The lowest BCUT2D eigenvalue weighted by Gasteiger charge is -2.36. The monoisotopic (exact) mass is 642 g/mol. The Morgan fingerprint density at radius 3 is 2.54 bits per heavy atom. The molecule has 2 amide bonds. The summed E-state index contributed by atoms with van der Waals surface area (Å²) in [4.78, 5) is 78.7. The van der Waals surface area contributed by atoms with Crippen LogP contribution < -0.4 is 10.6 Å². The number of hydrogen-bond donors (Lipinski definition) is 3. The van der Waals surface area contributed by atoms with Crippen LogP contribution in [0.1, 0.15) is 70.5 Å². The maximum absolute atomic E-state index is 13.7. The van der Waals surface area contributed by atoms with Gasteiger partial charge in [0.05, 0.1) is 11.8 Å². The lowest BCUT2D eigenvalue weighted by Crippen LogP contribution is -2.53. The summed E-state index contributed by atoms with van der Waals surface area (Å²) in [7, 11) is 0. The van der Waals surface area contributed by atoms with Crippen molar-refractivity contribution in [3.63, 3.8) is 0 Å².